The van der Waals surface area contributed by atoms with Crippen molar-refractivity contribution in [2.45, 2.75) is 38.7 Å². The van der Waals surface area contributed by atoms with Crippen molar-refractivity contribution in [1.82, 2.24) is 5.32 Å². The van der Waals surface area contributed by atoms with Crippen LogP contribution >= 0.6 is 0 Å². The number of alkyl carbamates (subject to hydrolysis) is 1. The third-order valence-corrected chi connectivity index (χ3v) is 3.04. The summed E-state index contributed by atoms with van der Waals surface area (Å²) in [5.74, 6) is -1.37. The second-order valence-corrected chi connectivity index (χ2v) is 6.22. The molecule has 1 atom stereocenters. The Balaban J connectivity index is 2.89. The molecule has 0 bridgehead atoms. The lowest BCUT2D eigenvalue weighted by molar-refractivity contribution is 0.0515. The average Bonchev–Trinajstić information content (AvgIpc) is 2.34. The van der Waals surface area contributed by atoms with Crippen LogP contribution in [-0.2, 0) is 10.2 Å². The lowest BCUT2D eigenvalue weighted by Gasteiger charge is -2.30. The topological polar surface area (TPSA) is 64.3 Å². The van der Waals surface area contributed by atoms with Crippen molar-refractivity contribution < 1.29 is 18.3 Å². The van der Waals surface area contributed by atoms with E-state index in [0.29, 0.717) is 0 Å². The van der Waals surface area contributed by atoms with Crippen LogP contribution in [-0.4, -0.2) is 24.8 Å². The molecule has 6 heteroatoms. The standard InChI is InChI=1S/C15H22F2N2O2/c1-14(2,3)21-13(20)19-9-15(4,8-18)12-10(16)6-5-7-11(12)17/h5-7H,8-9,18H2,1-4H3,(H,19,20). The quantitative estimate of drug-likeness (QED) is 0.898. The predicted molar refractivity (Wildman–Crippen MR) is 77.0 cm³/mol. The Morgan fingerprint density at radius 2 is 1.76 bits per heavy atom. The van der Waals surface area contributed by atoms with Gasteiger partial charge in [-0.05, 0) is 32.9 Å². The van der Waals surface area contributed by atoms with Crippen LogP contribution in [0.4, 0.5) is 13.6 Å². The highest BCUT2D eigenvalue weighted by Crippen LogP contribution is 2.27. The zero-order valence-corrected chi connectivity index (χ0v) is 12.8. The number of carbonyl (C=O) groups is 1. The summed E-state index contributed by atoms with van der Waals surface area (Å²) in [6.07, 6.45) is -0.654. The maximum Gasteiger partial charge on any atom is 0.407 e. The van der Waals surface area contributed by atoms with E-state index in [1.165, 1.54) is 18.2 Å². The van der Waals surface area contributed by atoms with Gasteiger partial charge in [-0.15, -0.1) is 0 Å². The Bertz CT molecular complexity index is 495. The molecule has 1 aromatic carbocycles. The van der Waals surface area contributed by atoms with E-state index in [4.69, 9.17) is 10.5 Å². The van der Waals surface area contributed by atoms with Crippen molar-refractivity contribution in [3.05, 3.63) is 35.4 Å². The summed E-state index contributed by atoms with van der Waals surface area (Å²) in [5, 5.41) is 2.51. The number of carbonyl (C=O) groups excluding carboxylic acids is 1. The van der Waals surface area contributed by atoms with E-state index in [9.17, 15) is 13.6 Å². The molecule has 3 N–H and O–H groups in total. The first-order chi connectivity index (χ1) is 9.59. The molecule has 0 radical (unpaired) electrons. The fourth-order valence-electron chi connectivity index (χ4n) is 1.92. The number of rotatable bonds is 4. The molecule has 4 nitrogen and oxygen atoms in total. The van der Waals surface area contributed by atoms with Crippen LogP contribution in [0.2, 0.25) is 0 Å². The Kier molecular flexibility index (Phi) is 5.28. The van der Waals surface area contributed by atoms with Crippen LogP contribution in [0.3, 0.4) is 0 Å². The van der Waals surface area contributed by atoms with Crippen molar-refractivity contribution in [1.29, 1.82) is 0 Å². The van der Waals surface area contributed by atoms with Gasteiger partial charge in [0.25, 0.3) is 0 Å². The molecule has 0 aromatic heterocycles. The van der Waals surface area contributed by atoms with Gasteiger partial charge in [0, 0.05) is 24.1 Å². The van der Waals surface area contributed by atoms with Crippen LogP contribution < -0.4 is 11.1 Å². The molecule has 0 saturated heterocycles. The minimum absolute atomic E-state index is 0.0271. The van der Waals surface area contributed by atoms with Gasteiger partial charge in [0.1, 0.15) is 17.2 Å². The van der Waals surface area contributed by atoms with E-state index in [1.54, 1.807) is 27.7 Å². The second kappa shape index (κ2) is 6.39. The molecule has 21 heavy (non-hydrogen) atoms. The minimum atomic E-state index is -1.06. The van der Waals surface area contributed by atoms with Crippen LogP contribution in [0.5, 0.6) is 0 Å². The molecule has 1 aromatic rings. The monoisotopic (exact) mass is 300 g/mol. The van der Waals surface area contributed by atoms with E-state index in [1.807, 2.05) is 0 Å². The molecule has 1 rings (SSSR count). The van der Waals surface area contributed by atoms with Gasteiger partial charge < -0.3 is 15.8 Å². The van der Waals surface area contributed by atoms with Gasteiger partial charge in [0.15, 0.2) is 0 Å². The third kappa shape index (κ3) is 4.67. The number of hydrogen-bond acceptors (Lipinski definition) is 3. The summed E-state index contributed by atoms with van der Waals surface area (Å²) in [7, 11) is 0. The smallest absolute Gasteiger partial charge is 0.407 e. The molecule has 0 heterocycles. The van der Waals surface area contributed by atoms with Crippen molar-refractivity contribution in [2.24, 2.45) is 5.73 Å². The Labute approximate surface area is 123 Å². The summed E-state index contributed by atoms with van der Waals surface area (Å²) in [6, 6.07) is 3.62. The molecule has 118 valence electrons. The highest BCUT2D eigenvalue weighted by Gasteiger charge is 2.32. The highest BCUT2D eigenvalue weighted by molar-refractivity contribution is 5.67. The number of benzene rings is 1. The first kappa shape index (κ1) is 17.4. The maximum atomic E-state index is 13.9. The number of ether oxygens (including phenoxy) is 1. The number of nitrogens with two attached hydrogens (primary N) is 1. The van der Waals surface area contributed by atoms with Gasteiger partial charge in [-0.1, -0.05) is 13.0 Å². The van der Waals surface area contributed by atoms with Crippen molar-refractivity contribution in [2.75, 3.05) is 13.1 Å². The number of hydrogen-bond donors (Lipinski definition) is 2. The van der Waals surface area contributed by atoms with Crippen LogP contribution in [0.25, 0.3) is 0 Å². The largest absolute Gasteiger partial charge is 0.444 e. The van der Waals surface area contributed by atoms with E-state index >= 15 is 0 Å². The fraction of sp³-hybridized carbons (Fsp3) is 0.533. The Morgan fingerprint density at radius 3 is 2.19 bits per heavy atom. The number of nitrogens with one attached hydrogen (secondary N) is 1. The average molecular weight is 300 g/mol. The predicted octanol–water partition coefficient (Wildman–Crippen LogP) is 2.71. The molecule has 0 saturated carbocycles. The van der Waals surface area contributed by atoms with Gasteiger partial charge in [-0.25, -0.2) is 13.6 Å². The van der Waals surface area contributed by atoms with Crippen molar-refractivity contribution in [3.63, 3.8) is 0 Å². The second-order valence-electron chi connectivity index (χ2n) is 6.22. The zero-order chi connectivity index (χ0) is 16.3. The van der Waals surface area contributed by atoms with Gasteiger partial charge in [0.2, 0.25) is 0 Å². The lowest BCUT2D eigenvalue weighted by Crippen LogP contribution is -2.46. The normalized spacial score (nSPS) is 14.4. The first-order valence-electron chi connectivity index (χ1n) is 6.70. The summed E-state index contributed by atoms with van der Waals surface area (Å²) in [6.45, 7) is 6.71. The maximum absolute atomic E-state index is 13.9. The molecular weight excluding hydrogens is 278 g/mol. The van der Waals surface area contributed by atoms with Gasteiger partial charge >= 0.3 is 6.09 Å². The van der Waals surface area contributed by atoms with E-state index in [-0.39, 0.29) is 18.7 Å². The summed E-state index contributed by atoms with van der Waals surface area (Å²) in [5.41, 5.74) is 3.82. The number of halogens is 2. The molecule has 1 amide bonds. The molecular formula is C15H22F2N2O2. The summed E-state index contributed by atoms with van der Waals surface area (Å²) >= 11 is 0. The van der Waals surface area contributed by atoms with E-state index in [2.05, 4.69) is 5.32 Å². The molecule has 0 aliphatic rings. The fourth-order valence-corrected chi connectivity index (χ4v) is 1.92. The Hall–Kier alpha value is -1.69. The summed E-state index contributed by atoms with van der Waals surface area (Å²) < 4.78 is 32.9. The zero-order valence-electron chi connectivity index (χ0n) is 12.8. The van der Waals surface area contributed by atoms with Crippen LogP contribution in [0, 0.1) is 11.6 Å². The summed E-state index contributed by atoms with van der Waals surface area (Å²) in [4.78, 5) is 11.7. The molecule has 0 aliphatic heterocycles. The molecule has 1 unspecified atom stereocenters. The highest BCUT2D eigenvalue weighted by atomic mass is 19.1. The van der Waals surface area contributed by atoms with Gasteiger partial charge in [-0.3, -0.25) is 0 Å². The van der Waals surface area contributed by atoms with Crippen LogP contribution in [0.15, 0.2) is 18.2 Å². The molecule has 0 aliphatic carbocycles. The van der Waals surface area contributed by atoms with Gasteiger partial charge in [-0.2, -0.15) is 0 Å². The van der Waals surface area contributed by atoms with E-state index < -0.39 is 28.7 Å². The number of amides is 1. The van der Waals surface area contributed by atoms with E-state index in [0.717, 1.165) is 0 Å². The minimum Gasteiger partial charge on any atom is -0.444 e. The SMILES string of the molecule is CC(C)(C)OC(=O)NCC(C)(CN)c1c(F)cccc1F. The first-order valence-corrected chi connectivity index (χ1v) is 6.70. The van der Waals surface area contributed by atoms with Crippen molar-refractivity contribution >= 4 is 6.09 Å². The molecule has 0 spiro atoms. The van der Waals surface area contributed by atoms with Crippen molar-refractivity contribution in [3.8, 4) is 0 Å². The Morgan fingerprint density at radius 1 is 1.24 bits per heavy atom. The lowest BCUT2D eigenvalue weighted by atomic mass is 9.81. The van der Waals surface area contributed by atoms with Crippen LogP contribution in [0.1, 0.15) is 33.3 Å². The van der Waals surface area contributed by atoms with Gasteiger partial charge in [0.05, 0.1) is 0 Å². The third-order valence-electron chi connectivity index (χ3n) is 3.04. The molecule has 0 fully saturated rings.